The predicted molar refractivity (Wildman–Crippen MR) is 101 cm³/mol. The second-order valence-electron chi connectivity index (χ2n) is 6.57. The van der Waals surface area contributed by atoms with Gasteiger partial charge in [-0.25, -0.2) is 0 Å². The first-order chi connectivity index (χ1) is 12.6. The SMILES string of the molecule is C[C@H](c1cccc(NC(=O)c2ccccc2)c1)N(C)C(=O)[C@@H]1CCCO1. The lowest BCUT2D eigenvalue weighted by Crippen LogP contribution is -2.37. The summed E-state index contributed by atoms with van der Waals surface area (Å²) >= 11 is 0. The highest BCUT2D eigenvalue weighted by Crippen LogP contribution is 2.25. The largest absolute Gasteiger partial charge is 0.368 e. The normalized spacial score (nSPS) is 17.5. The highest BCUT2D eigenvalue weighted by Gasteiger charge is 2.29. The lowest BCUT2D eigenvalue weighted by molar-refractivity contribution is -0.141. The number of benzene rings is 2. The molecule has 0 spiro atoms. The third-order valence-corrected chi connectivity index (χ3v) is 4.80. The van der Waals surface area contributed by atoms with Crippen LogP contribution in [0.5, 0.6) is 0 Å². The molecule has 2 aromatic carbocycles. The lowest BCUT2D eigenvalue weighted by atomic mass is 10.1. The molecule has 0 radical (unpaired) electrons. The summed E-state index contributed by atoms with van der Waals surface area (Å²) in [4.78, 5) is 26.6. The van der Waals surface area contributed by atoms with E-state index in [1.807, 2.05) is 49.4 Å². The van der Waals surface area contributed by atoms with E-state index in [0.717, 1.165) is 18.4 Å². The van der Waals surface area contributed by atoms with Gasteiger partial charge in [0.05, 0.1) is 6.04 Å². The van der Waals surface area contributed by atoms with Gasteiger partial charge in [0.25, 0.3) is 11.8 Å². The number of carbonyl (C=O) groups is 2. The van der Waals surface area contributed by atoms with Crippen LogP contribution in [0.1, 0.15) is 41.7 Å². The third-order valence-electron chi connectivity index (χ3n) is 4.80. The Bertz CT molecular complexity index is 770. The molecule has 1 saturated heterocycles. The van der Waals surface area contributed by atoms with Crippen molar-refractivity contribution in [2.75, 3.05) is 19.0 Å². The molecule has 3 rings (SSSR count). The zero-order chi connectivity index (χ0) is 18.5. The van der Waals surface area contributed by atoms with Crippen LogP contribution in [0.4, 0.5) is 5.69 Å². The molecule has 1 heterocycles. The average Bonchev–Trinajstić information content (AvgIpc) is 3.22. The molecule has 0 unspecified atom stereocenters. The Morgan fingerprint density at radius 3 is 2.62 bits per heavy atom. The second-order valence-corrected chi connectivity index (χ2v) is 6.57. The van der Waals surface area contributed by atoms with E-state index in [4.69, 9.17) is 4.74 Å². The number of carbonyl (C=O) groups excluding carboxylic acids is 2. The van der Waals surface area contributed by atoms with Gasteiger partial charge in [0.15, 0.2) is 0 Å². The molecule has 2 aromatic rings. The van der Waals surface area contributed by atoms with Gasteiger partial charge in [-0.1, -0.05) is 30.3 Å². The van der Waals surface area contributed by atoms with Crippen LogP contribution in [0.25, 0.3) is 0 Å². The Balaban J connectivity index is 1.70. The summed E-state index contributed by atoms with van der Waals surface area (Å²) in [6.45, 7) is 2.63. The fraction of sp³-hybridized carbons (Fsp3) is 0.333. The molecule has 5 heteroatoms. The molecule has 1 aliphatic heterocycles. The fourth-order valence-corrected chi connectivity index (χ4v) is 3.08. The topological polar surface area (TPSA) is 58.6 Å². The van der Waals surface area contributed by atoms with Crippen LogP contribution >= 0.6 is 0 Å². The van der Waals surface area contributed by atoms with Crippen LogP contribution in [0.2, 0.25) is 0 Å². The van der Waals surface area contributed by atoms with E-state index in [-0.39, 0.29) is 24.0 Å². The molecule has 0 aromatic heterocycles. The van der Waals surface area contributed by atoms with Crippen LogP contribution in [0, 0.1) is 0 Å². The lowest BCUT2D eigenvalue weighted by Gasteiger charge is -2.28. The fourth-order valence-electron chi connectivity index (χ4n) is 3.08. The number of ether oxygens (including phenoxy) is 1. The number of likely N-dealkylation sites (N-methyl/N-ethyl adjacent to an activating group) is 1. The summed E-state index contributed by atoms with van der Waals surface area (Å²) in [7, 11) is 1.80. The maximum absolute atomic E-state index is 12.5. The molecule has 26 heavy (non-hydrogen) atoms. The van der Waals surface area contributed by atoms with Crippen molar-refractivity contribution >= 4 is 17.5 Å². The molecule has 1 aliphatic rings. The van der Waals surface area contributed by atoms with E-state index in [1.165, 1.54) is 0 Å². The van der Waals surface area contributed by atoms with Gasteiger partial charge in [0, 0.05) is 24.9 Å². The summed E-state index contributed by atoms with van der Waals surface area (Å²) in [5, 5.41) is 2.91. The molecule has 136 valence electrons. The van der Waals surface area contributed by atoms with Crippen LogP contribution in [0.3, 0.4) is 0 Å². The number of nitrogens with one attached hydrogen (secondary N) is 1. The minimum Gasteiger partial charge on any atom is -0.368 e. The summed E-state index contributed by atoms with van der Waals surface area (Å²) in [6, 6.07) is 16.6. The molecule has 2 atom stereocenters. The molecule has 1 fully saturated rings. The Hall–Kier alpha value is -2.66. The third kappa shape index (κ3) is 4.11. The van der Waals surface area contributed by atoms with Gasteiger partial charge in [-0.3, -0.25) is 9.59 Å². The highest BCUT2D eigenvalue weighted by molar-refractivity contribution is 6.04. The zero-order valence-electron chi connectivity index (χ0n) is 15.1. The van der Waals surface area contributed by atoms with Gasteiger partial charge < -0.3 is 15.0 Å². The smallest absolute Gasteiger partial charge is 0.255 e. The van der Waals surface area contributed by atoms with Crippen molar-refractivity contribution in [1.29, 1.82) is 0 Å². The van der Waals surface area contributed by atoms with Gasteiger partial charge in [-0.05, 0) is 49.6 Å². The minimum atomic E-state index is -0.330. The second kappa shape index (κ2) is 8.15. The molecule has 5 nitrogen and oxygen atoms in total. The average molecular weight is 352 g/mol. The van der Waals surface area contributed by atoms with E-state index in [9.17, 15) is 9.59 Å². The molecule has 2 amide bonds. The number of hydrogen-bond donors (Lipinski definition) is 1. The minimum absolute atomic E-state index is 0.00808. The van der Waals surface area contributed by atoms with Gasteiger partial charge in [-0.2, -0.15) is 0 Å². The van der Waals surface area contributed by atoms with Gasteiger partial charge in [0.1, 0.15) is 6.10 Å². The highest BCUT2D eigenvalue weighted by atomic mass is 16.5. The molecule has 0 bridgehead atoms. The molecular formula is C21H24N2O3. The Morgan fingerprint density at radius 1 is 1.15 bits per heavy atom. The monoisotopic (exact) mass is 352 g/mol. The molecule has 0 saturated carbocycles. The van der Waals surface area contributed by atoms with Crippen molar-refractivity contribution in [2.45, 2.75) is 31.9 Å². The van der Waals surface area contributed by atoms with Gasteiger partial charge in [-0.15, -0.1) is 0 Å². The van der Waals surface area contributed by atoms with E-state index in [1.54, 1.807) is 24.1 Å². The van der Waals surface area contributed by atoms with Gasteiger partial charge in [0.2, 0.25) is 0 Å². The molecule has 0 aliphatic carbocycles. The Kier molecular flexibility index (Phi) is 5.68. The molecule has 1 N–H and O–H groups in total. The maximum Gasteiger partial charge on any atom is 0.255 e. The van der Waals surface area contributed by atoms with E-state index < -0.39 is 0 Å². The Labute approximate surface area is 154 Å². The first-order valence-corrected chi connectivity index (χ1v) is 8.91. The van der Waals surface area contributed by atoms with Crippen molar-refractivity contribution in [2.24, 2.45) is 0 Å². The van der Waals surface area contributed by atoms with Crippen molar-refractivity contribution < 1.29 is 14.3 Å². The van der Waals surface area contributed by atoms with E-state index >= 15 is 0 Å². The molecular weight excluding hydrogens is 328 g/mol. The zero-order valence-corrected chi connectivity index (χ0v) is 15.1. The number of rotatable bonds is 5. The van der Waals surface area contributed by atoms with Crippen LogP contribution in [-0.4, -0.2) is 36.5 Å². The summed E-state index contributed by atoms with van der Waals surface area (Å²) in [6.07, 6.45) is 1.38. The maximum atomic E-state index is 12.5. The first kappa shape index (κ1) is 18.1. The number of hydrogen-bond acceptors (Lipinski definition) is 3. The first-order valence-electron chi connectivity index (χ1n) is 8.91. The van der Waals surface area contributed by atoms with E-state index in [2.05, 4.69) is 5.32 Å². The standard InChI is InChI=1S/C21H24N2O3/c1-15(23(2)21(25)19-12-7-13-26-19)17-10-6-11-18(14-17)22-20(24)16-8-4-3-5-9-16/h3-6,8-11,14-15,19H,7,12-13H2,1-2H3,(H,22,24)/t15-,19+/m1/s1. The predicted octanol–water partition coefficient (Wildman–Crippen LogP) is 3.64. The number of anilines is 1. The van der Waals surface area contributed by atoms with Crippen molar-refractivity contribution in [3.8, 4) is 0 Å². The number of nitrogens with zero attached hydrogens (tertiary/aromatic N) is 1. The Morgan fingerprint density at radius 2 is 1.92 bits per heavy atom. The van der Waals surface area contributed by atoms with E-state index in [0.29, 0.717) is 17.9 Å². The van der Waals surface area contributed by atoms with Crippen molar-refractivity contribution in [3.63, 3.8) is 0 Å². The number of amides is 2. The summed E-state index contributed by atoms with van der Waals surface area (Å²) < 4.78 is 5.50. The van der Waals surface area contributed by atoms with Crippen LogP contribution in [-0.2, 0) is 9.53 Å². The summed E-state index contributed by atoms with van der Waals surface area (Å²) in [5.41, 5.74) is 2.28. The van der Waals surface area contributed by atoms with Crippen LogP contribution < -0.4 is 5.32 Å². The summed E-state index contributed by atoms with van der Waals surface area (Å²) in [5.74, 6) is -0.145. The quantitative estimate of drug-likeness (QED) is 0.894. The van der Waals surface area contributed by atoms with Gasteiger partial charge >= 0.3 is 0 Å². The van der Waals surface area contributed by atoms with Crippen molar-refractivity contribution in [3.05, 3.63) is 65.7 Å². The van der Waals surface area contributed by atoms with Crippen LogP contribution in [0.15, 0.2) is 54.6 Å². The van der Waals surface area contributed by atoms with Crippen molar-refractivity contribution in [1.82, 2.24) is 4.90 Å².